The number of hydrogen-bond donors (Lipinski definition) is 1. The van der Waals surface area contributed by atoms with Crippen LogP contribution in [-0.4, -0.2) is 24.4 Å². The van der Waals surface area contributed by atoms with Gasteiger partial charge in [0.15, 0.2) is 5.78 Å². The van der Waals surface area contributed by atoms with E-state index in [4.69, 9.17) is 0 Å². The van der Waals surface area contributed by atoms with Crippen molar-refractivity contribution in [1.82, 2.24) is 0 Å². The fourth-order valence-corrected chi connectivity index (χ4v) is 1.66. The Balaban J connectivity index is 2.57. The van der Waals surface area contributed by atoms with E-state index >= 15 is 0 Å². The first-order valence-electron chi connectivity index (χ1n) is 4.79. The van der Waals surface area contributed by atoms with Gasteiger partial charge < -0.3 is 4.90 Å². The Morgan fingerprint density at radius 2 is 2.00 bits per heavy atom. The summed E-state index contributed by atoms with van der Waals surface area (Å²) in [6.45, 7) is 10.5. The highest BCUT2D eigenvalue weighted by atomic mass is 16.1. The van der Waals surface area contributed by atoms with Crippen molar-refractivity contribution in [2.45, 2.75) is 39.7 Å². The van der Waals surface area contributed by atoms with E-state index < -0.39 is 0 Å². The monoisotopic (exact) mass is 170 g/mol. The molecule has 2 nitrogen and oxygen atoms in total. The number of carbonyl (C=O) groups excluding carboxylic acids is 1. The summed E-state index contributed by atoms with van der Waals surface area (Å²) < 4.78 is 0. The van der Waals surface area contributed by atoms with Gasteiger partial charge in [-0.25, -0.2) is 0 Å². The van der Waals surface area contributed by atoms with Crippen LogP contribution in [0.1, 0.15) is 34.1 Å². The molecule has 2 atom stereocenters. The topological polar surface area (TPSA) is 21.5 Å². The van der Waals surface area contributed by atoms with Crippen LogP contribution in [0, 0.1) is 5.92 Å². The summed E-state index contributed by atoms with van der Waals surface area (Å²) >= 11 is 0. The van der Waals surface area contributed by atoms with E-state index in [9.17, 15) is 4.79 Å². The van der Waals surface area contributed by atoms with E-state index in [2.05, 4.69) is 20.8 Å². The molecule has 0 aromatic carbocycles. The highest BCUT2D eigenvalue weighted by Crippen LogP contribution is 2.06. The Morgan fingerprint density at radius 1 is 1.42 bits per heavy atom. The van der Waals surface area contributed by atoms with E-state index in [0.717, 1.165) is 19.5 Å². The van der Waals surface area contributed by atoms with E-state index in [1.807, 2.05) is 6.92 Å². The zero-order valence-electron chi connectivity index (χ0n) is 8.61. The molecule has 1 rings (SSSR count). The van der Waals surface area contributed by atoms with Crippen molar-refractivity contribution in [1.29, 1.82) is 0 Å². The maximum absolute atomic E-state index is 11.4. The first-order chi connectivity index (χ1) is 5.41. The van der Waals surface area contributed by atoms with Gasteiger partial charge in [-0.15, -0.1) is 0 Å². The fraction of sp³-hybridized carbons (Fsp3) is 0.900. The third-order valence-electron chi connectivity index (χ3n) is 2.88. The van der Waals surface area contributed by atoms with Crippen molar-refractivity contribution in [3.05, 3.63) is 0 Å². The fourth-order valence-electron chi connectivity index (χ4n) is 1.66. The van der Waals surface area contributed by atoms with Gasteiger partial charge in [0.05, 0.1) is 12.1 Å². The molecule has 0 radical (unpaired) electrons. The normalized spacial score (nSPS) is 32.2. The molecule has 1 N–H and O–H groups in total. The molecule has 0 amide bonds. The maximum atomic E-state index is 11.4. The maximum Gasteiger partial charge on any atom is 0.189 e. The van der Waals surface area contributed by atoms with Gasteiger partial charge in [0.2, 0.25) is 0 Å². The lowest BCUT2D eigenvalue weighted by atomic mass is 9.93. The Labute approximate surface area is 74.9 Å². The highest BCUT2D eigenvalue weighted by Gasteiger charge is 2.33. The lowest BCUT2D eigenvalue weighted by molar-refractivity contribution is -0.942. The van der Waals surface area contributed by atoms with Crippen molar-refractivity contribution in [2.24, 2.45) is 5.92 Å². The van der Waals surface area contributed by atoms with Crippen molar-refractivity contribution < 1.29 is 9.69 Å². The molecule has 1 unspecified atom stereocenters. The summed E-state index contributed by atoms with van der Waals surface area (Å²) in [5, 5.41) is 0. The zero-order valence-corrected chi connectivity index (χ0v) is 8.61. The minimum atomic E-state index is 0.232. The molecule has 12 heavy (non-hydrogen) atoms. The van der Waals surface area contributed by atoms with Crippen LogP contribution in [0.5, 0.6) is 0 Å². The van der Waals surface area contributed by atoms with E-state index in [0.29, 0.717) is 11.7 Å². The van der Waals surface area contributed by atoms with Crippen molar-refractivity contribution >= 4 is 5.78 Å². The molecular weight excluding hydrogens is 150 g/mol. The second kappa shape index (κ2) is 3.17. The highest BCUT2D eigenvalue weighted by molar-refractivity contribution is 5.81. The van der Waals surface area contributed by atoms with Crippen molar-refractivity contribution in [3.63, 3.8) is 0 Å². The van der Waals surface area contributed by atoms with Crippen LogP contribution in [0.2, 0.25) is 0 Å². The van der Waals surface area contributed by atoms with Gasteiger partial charge in [-0.2, -0.15) is 0 Å². The molecule has 1 aliphatic rings. The van der Waals surface area contributed by atoms with Gasteiger partial charge in [-0.05, 0) is 20.8 Å². The molecule has 1 fully saturated rings. The van der Waals surface area contributed by atoms with Crippen LogP contribution in [0.15, 0.2) is 0 Å². The Kier molecular flexibility index (Phi) is 2.57. The van der Waals surface area contributed by atoms with Gasteiger partial charge in [-0.3, -0.25) is 4.79 Å². The molecular formula is C10H20NO+. The molecule has 70 valence electrons. The van der Waals surface area contributed by atoms with Crippen LogP contribution in [0.25, 0.3) is 0 Å². The first-order valence-corrected chi connectivity index (χ1v) is 4.79. The standard InChI is InChI=1S/C10H19NO/c1-8-5-6-11(7-9(8)12)10(2,3)4/h8H,5-7H2,1-4H3/p+1/t8-/m0/s1. The molecule has 0 saturated carbocycles. The summed E-state index contributed by atoms with van der Waals surface area (Å²) in [5.41, 5.74) is 0.232. The number of rotatable bonds is 0. The molecule has 1 saturated heterocycles. The second-order valence-corrected chi connectivity index (χ2v) is 4.94. The average molecular weight is 170 g/mol. The number of Topliss-reactive ketones (excluding diaryl/α,β-unsaturated/α-hetero) is 1. The molecule has 0 aromatic heterocycles. The number of piperidine rings is 1. The quantitative estimate of drug-likeness (QED) is 0.554. The Bertz CT molecular complexity index is 181. The van der Waals surface area contributed by atoms with Gasteiger partial charge in [0.1, 0.15) is 6.54 Å². The summed E-state index contributed by atoms with van der Waals surface area (Å²) in [6, 6.07) is 0. The number of hydrogen-bond acceptors (Lipinski definition) is 1. The van der Waals surface area contributed by atoms with E-state index in [1.165, 1.54) is 4.90 Å². The smallest absolute Gasteiger partial charge is 0.189 e. The van der Waals surface area contributed by atoms with E-state index in [-0.39, 0.29) is 5.54 Å². The van der Waals surface area contributed by atoms with Gasteiger partial charge in [-0.1, -0.05) is 6.92 Å². The zero-order chi connectivity index (χ0) is 9.35. The third kappa shape index (κ3) is 2.07. The van der Waals surface area contributed by atoms with Gasteiger partial charge in [0.25, 0.3) is 0 Å². The minimum Gasteiger partial charge on any atom is -0.325 e. The first kappa shape index (κ1) is 9.72. The predicted octanol–water partition coefficient (Wildman–Crippen LogP) is 0.279. The number of carbonyl (C=O) groups is 1. The molecule has 0 spiro atoms. The number of ketones is 1. The second-order valence-electron chi connectivity index (χ2n) is 4.94. The van der Waals surface area contributed by atoms with Crippen LogP contribution in [-0.2, 0) is 4.79 Å². The number of likely N-dealkylation sites (tertiary alicyclic amines) is 1. The average Bonchev–Trinajstić information content (AvgIpc) is 1.92. The van der Waals surface area contributed by atoms with Crippen molar-refractivity contribution in [3.8, 4) is 0 Å². The molecule has 2 heteroatoms. The number of quaternary nitrogens is 1. The molecule has 1 heterocycles. The molecule has 0 aliphatic carbocycles. The molecule has 0 aromatic rings. The summed E-state index contributed by atoms with van der Waals surface area (Å²) in [6.07, 6.45) is 1.06. The largest absolute Gasteiger partial charge is 0.325 e. The molecule has 1 aliphatic heterocycles. The Hall–Kier alpha value is -0.370. The third-order valence-corrected chi connectivity index (χ3v) is 2.88. The van der Waals surface area contributed by atoms with Crippen LogP contribution in [0.4, 0.5) is 0 Å². The minimum absolute atomic E-state index is 0.232. The van der Waals surface area contributed by atoms with Gasteiger partial charge >= 0.3 is 0 Å². The predicted molar refractivity (Wildman–Crippen MR) is 49.2 cm³/mol. The summed E-state index contributed by atoms with van der Waals surface area (Å²) in [7, 11) is 0. The molecule has 0 bridgehead atoms. The van der Waals surface area contributed by atoms with Crippen LogP contribution in [0.3, 0.4) is 0 Å². The Morgan fingerprint density at radius 3 is 2.42 bits per heavy atom. The SMILES string of the molecule is C[C@H]1CC[NH+](C(C)(C)C)CC1=O. The lowest BCUT2D eigenvalue weighted by Crippen LogP contribution is -3.20. The summed E-state index contributed by atoms with van der Waals surface area (Å²) in [4.78, 5) is 12.9. The van der Waals surface area contributed by atoms with Crippen LogP contribution < -0.4 is 4.90 Å². The summed E-state index contributed by atoms with van der Waals surface area (Å²) in [5.74, 6) is 0.738. The van der Waals surface area contributed by atoms with Gasteiger partial charge in [0, 0.05) is 12.3 Å². The van der Waals surface area contributed by atoms with E-state index in [1.54, 1.807) is 0 Å². The number of nitrogens with one attached hydrogen (secondary N) is 1. The van der Waals surface area contributed by atoms with Crippen LogP contribution >= 0.6 is 0 Å². The van der Waals surface area contributed by atoms with Crippen molar-refractivity contribution in [2.75, 3.05) is 13.1 Å². The lowest BCUT2D eigenvalue weighted by Gasteiger charge is -2.36.